The highest BCUT2D eigenvalue weighted by atomic mass is 16.6. The third kappa shape index (κ3) is 4.28. The molecule has 32 heavy (non-hydrogen) atoms. The number of aliphatic hydroxyl groups is 2. The molecule has 0 aliphatic heterocycles. The van der Waals surface area contributed by atoms with Crippen LogP contribution in [0.1, 0.15) is 106 Å². The lowest BCUT2D eigenvalue weighted by Crippen LogP contribution is -2.58. The number of esters is 1. The maximum absolute atomic E-state index is 12.3. The van der Waals surface area contributed by atoms with E-state index in [9.17, 15) is 15.0 Å². The van der Waals surface area contributed by atoms with Gasteiger partial charge in [-0.25, -0.2) is 0 Å². The summed E-state index contributed by atoms with van der Waals surface area (Å²) in [6, 6.07) is 0. The molecule has 4 fully saturated rings. The van der Waals surface area contributed by atoms with Gasteiger partial charge in [0.1, 0.15) is 5.60 Å². The first-order chi connectivity index (χ1) is 14.8. The average Bonchev–Trinajstić information content (AvgIpc) is 3.03. The third-order valence-electron chi connectivity index (χ3n) is 10.6. The summed E-state index contributed by atoms with van der Waals surface area (Å²) in [5.74, 6) is 3.12. The molecule has 0 saturated heterocycles. The molecule has 0 aromatic heterocycles. The fraction of sp³-hybridized carbons (Fsp3) is 0.964. The highest BCUT2D eigenvalue weighted by Gasteiger charge is 2.62. The predicted octanol–water partition coefficient (Wildman–Crippen LogP) is 5.74. The fourth-order valence-corrected chi connectivity index (χ4v) is 9.11. The molecule has 0 aromatic rings. The topological polar surface area (TPSA) is 66.8 Å². The van der Waals surface area contributed by atoms with E-state index in [2.05, 4.69) is 20.8 Å². The van der Waals surface area contributed by atoms with E-state index in [4.69, 9.17) is 4.74 Å². The van der Waals surface area contributed by atoms with Gasteiger partial charge in [0.15, 0.2) is 0 Å². The summed E-state index contributed by atoms with van der Waals surface area (Å²) in [4.78, 5) is 12.3. The molecular formula is C28H48O4. The lowest BCUT2D eigenvalue weighted by Gasteiger charge is -2.62. The van der Waals surface area contributed by atoms with Crippen LogP contribution in [-0.4, -0.2) is 34.0 Å². The molecule has 0 aromatic carbocycles. The lowest BCUT2D eigenvalue weighted by molar-refractivity contribution is -0.174. The molecule has 184 valence electrons. The molecule has 4 aliphatic carbocycles. The molecule has 4 saturated carbocycles. The van der Waals surface area contributed by atoms with Gasteiger partial charge in [-0.15, -0.1) is 0 Å². The van der Waals surface area contributed by atoms with Gasteiger partial charge >= 0.3 is 5.97 Å². The van der Waals surface area contributed by atoms with Crippen molar-refractivity contribution in [2.45, 2.75) is 124 Å². The molecule has 4 rings (SSSR count). The van der Waals surface area contributed by atoms with Gasteiger partial charge in [0.2, 0.25) is 0 Å². The number of hydrogen-bond donors (Lipinski definition) is 2. The first-order valence-electron chi connectivity index (χ1n) is 13.4. The van der Waals surface area contributed by atoms with Crippen LogP contribution in [0.2, 0.25) is 0 Å². The minimum absolute atomic E-state index is 0.0751. The van der Waals surface area contributed by atoms with E-state index in [1.807, 2.05) is 20.8 Å². The van der Waals surface area contributed by atoms with Crippen molar-refractivity contribution < 1.29 is 19.7 Å². The van der Waals surface area contributed by atoms with E-state index >= 15 is 0 Å². The molecule has 0 bridgehead atoms. The van der Waals surface area contributed by atoms with Crippen LogP contribution in [0.15, 0.2) is 0 Å². The van der Waals surface area contributed by atoms with E-state index in [-0.39, 0.29) is 29.0 Å². The van der Waals surface area contributed by atoms with Gasteiger partial charge in [0.05, 0.1) is 12.2 Å². The minimum atomic E-state index is -0.413. The Bertz CT molecular complexity index is 698. The largest absolute Gasteiger partial charge is 0.460 e. The zero-order chi connectivity index (χ0) is 23.5. The molecule has 0 spiro atoms. The second-order valence-electron chi connectivity index (χ2n) is 13.6. The van der Waals surface area contributed by atoms with E-state index in [0.717, 1.165) is 32.1 Å². The maximum Gasteiger partial charge on any atom is 0.306 e. The zero-order valence-corrected chi connectivity index (χ0v) is 21.4. The Kier molecular flexibility index (Phi) is 6.55. The number of carbonyl (C=O) groups excluding carboxylic acids is 1. The van der Waals surface area contributed by atoms with Gasteiger partial charge in [-0.2, -0.15) is 0 Å². The Hall–Kier alpha value is -0.610. The molecule has 4 heteroatoms. The van der Waals surface area contributed by atoms with Gasteiger partial charge in [-0.1, -0.05) is 20.8 Å². The van der Waals surface area contributed by atoms with Crippen molar-refractivity contribution in [2.24, 2.45) is 46.3 Å². The van der Waals surface area contributed by atoms with E-state index < -0.39 is 5.60 Å². The number of carbonyl (C=O) groups is 1. The molecular weight excluding hydrogens is 400 g/mol. The Balaban J connectivity index is 1.46. The highest BCUT2D eigenvalue weighted by Crippen LogP contribution is 2.68. The lowest BCUT2D eigenvalue weighted by atomic mass is 9.43. The van der Waals surface area contributed by atoms with Crippen LogP contribution < -0.4 is 0 Å². The van der Waals surface area contributed by atoms with Crippen molar-refractivity contribution in [2.75, 3.05) is 0 Å². The smallest absolute Gasteiger partial charge is 0.306 e. The zero-order valence-electron chi connectivity index (χ0n) is 21.4. The number of ether oxygens (including phenoxy) is 1. The molecule has 0 heterocycles. The first kappa shape index (κ1) is 24.5. The fourth-order valence-electron chi connectivity index (χ4n) is 9.11. The van der Waals surface area contributed by atoms with E-state index in [0.29, 0.717) is 41.9 Å². The molecule has 9 unspecified atom stereocenters. The van der Waals surface area contributed by atoms with Crippen molar-refractivity contribution in [3.63, 3.8) is 0 Å². The van der Waals surface area contributed by atoms with Crippen LogP contribution in [0.3, 0.4) is 0 Å². The van der Waals surface area contributed by atoms with Crippen LogP contribution in [-0.2, 0) is 9.53 Å². The van der Waals surface area contributed by atoms with Crippen molar-refractivity contribution >= 4 is 5.97 Å². The summed E-state index contributed by atoms with van der Waals surface area (Å²) in [5, 5.41) is 21.6. The van der Waals surface area contributed by atoms with Crippen LogP contribution >= 0.6 is 0 Å². The first-order valence-corrected chi connectivity index (χ1v) is 13.4. The van der Waals surface area contributed by atoms with Gasteiger partial charge in [-0.05, 0) is 125 Å². The number of rotatable bonds is 4. The maximum atomic E-state index is 12.3. The average molecular weight is 449 g/mol. The molecule has 10 atom stereocenters. The summed E-state index contributed by atoms with van der Waals surface area (Å²) >= 11 is 0. The van der Waals surface area contributed by atoms with Crippen LogP contribution in [0, 0.1) is 46.3 Å². The standard InChI is InChI=1S/C28H48O4/c1-17(7-10-24(31)32-26(2,3)4)20-8-9-21-25-22(12-14-28(20,21)6)27(5)13-11-19(29)15-18(27)16-23(25)30/h17-23,25,29-30H,7-16H2,1-6H3/t17?,18?,19?,20?,21?,22?,23?,25?,27-,28?/m0/s1. The summed E-state index contributed by atoms with van der Waals surface area (Å²) in [7, 11) is 0. The minimum Gasteiger partial charge on any atom is -0.460 e. The normalized spacial score (nSPS) is 47.2. The molecule has 2 N–H and O–H groups in total. The summed E-state index contributed by atoms with van der Waals surface area (Å²) in [6.07, 6.45) is 9.72. The van der Waals surface area contributed by atoms with Gasteiger partial charge in [0, 0.05) is 6.42 Å². The van der Waals surface area contributed by atoms with Gasteiger partial charge in [0.25, 0.3) is 0 Å². The van der Waals surface area contributed by atoms with Crippen molar-refractivity contribution in [3.05, 3.63) is 0 Å². The van der Waals surface area contributed by atoms with E-state index in [1.165, 1.54) is 25.7 Å². The molecule has 4 nitrogen and oxygen atoms in total. The Morgan fingerprint density at radius 1 is 1.00 bits per heavy atom. The number of fused-ring (bicyclic) bond motifs is 5. The summed E-state index contributed by atoms with van der Waals surface area (Å²) < 4.78 is 5.55. The van der Waals surface area contributed by atoms with Gasteiger partial charge in [-0.3, -0.25) is 4.79 Å². The van der Waals surface area contributed by atoms with Crippen LogP contribution in [0.5, 0.6) is 0 Å². The second-order valence-corrected chi connectivity index (χ2v) is 13.6. The number of hydrogen-bond acceptors (Lipinski definition) is 4. The summed E-state index contributed by atoms with van der Waals surface area (Å²) in [5.41, 5.74) is 0.140. The highest BCUT2D eigenvalue weighted by molar-refractivity contribution is 5.69. The predicted molar refractivity (Wildman–Crippen MR) is 127 cm³/mol. The van der Waals surface area contributed by atoms with Crippen molar-refractivity contribution in [3.8, 4) is 0 Å². The quantitative estimate of drug-likeness (QED) is 0.539. The molecule has 0 amide bonds. The molecule has 4 aliphatic rings. The Labute approximate surface area is 195 Å². The van der Waals surface area contributed by atoms with Crippen LogP contribution in [0.4, 0.5) is 0 Å². The van der Waals surface area contributed by atoms with Gasteiger partial charge < -0.3 is 14.9 Å². The van der Waals surface area contributed by atoms with Crippen molar-refractivity contribution in [1.29, 1.82) is 0 Å². The Morgan fingerprint density at radius 2 is 1.66 bits per heavy atom. The number of aliphatic hydroxyl groups excluding tert-OH is 2. The third-order valence-corrected chi connectivity index (χ3v) is 10.6. The van der Waals surface area contributed by atoms with E-state index in [1.54, 1.807) is 0 Å². The SMILES string of the molecule is CC(CCC(=O)OC(C)(C)C)C1CCC2C3C(O)CC4CC(O)CC[C@]4(C)C3CCC12C. The van der Waals surface area contributed by atoms with Crippen LogP contribution in [0.25, 0.3) is 0 Å². The molecule has 0 radical (unpaired) electrons. The monoisotopic (exact) mass is 448 g/mol. The summed E-state index contributed by atoms with van der Waals surface area (Å²) in [6.45, 7) is 13.1. The Morgan fingerprint density at radius 3 is 2.34 bits per heavy atom. The second kappa shape index (κ2) is 8.56. The van der Waals surface area contributed by atoms with Crippen molar-refractivity contribution in [1.82, 2.24) is 0 Å².